The number of nitrogens with zero attached hydrogens (tertiary/aromatic N) is 1. The molecule has 0 unspecified atom stereocenters. The zero-order valence-electron chi connectivity index (χ0n) is 6.93. The summed E-state index contributed by atoms with van der Waals surface area (Å²) in [5.74, 6) is 0. The lowest BCUT2D eigenvalue weighted by molar-refractivity contribution is -0.380. The van der Waals surface area contributed by atoms with Crippen LogP contribution in [0.3, 0.4) is 0 Å². The summed E-state index contributed by atoms with van der Waals surface area (Å²) in [7, 11) is 0. The Bertz CT molecular complexity index is 521. The molecule has 14 heavy (non-hydrogen) atoms. The summed E-state index contributed by atoms with van der Waals surface area (Å²) in [5.41, 5.74) is 6.16. The van der Waals surface area contributed by atoms with Gasteiger partial charge in [-0.25, -0.2) is 0 Å². The van der Waals surface area contributed by atoms with Crippen LogP contribution in [0.1, 0.15) is 0 Å². The molecule has 0 saturated heterocycles. The second kappa shape index (κ2) is 3.14. The Kier molecular flexibility index (Phi) is 2.09. The molecular formula is C8H6N2O2S2. The number of rotatable bonds is 1. The monoisotopic (exact) mass is 226 g/mol. The Balaban J connectivity index is 2.76. The van der Waals surface area contributed by atoms with Crippen LogP contribution in [-0.2, 0) is 0 Å². The summed E-state index contributed by atoms with van der Waals surface area (Å²) in [4.78, 5) is 10.8. The molecule has 1 aromatic heterocycles. The molecule has 0 amide bonds. The lowest BCUT2D eigenvalue weighted by Crippen LogP contribution is -1.83. The van der Waals surface area contributed by atoms with Crippen LogP contribution in [0, 0.1) is 10.1 Å². The molecule has 0 spiro atoms. The fraction of sp³-hybridized carbons (Fsp3) is 0. The van der Waals surface area contributed by atoms with E-state index in [-0.39, 0.29) is 5.00 Å². The number of fused-ring (bicyclic) bond motifs is 1. The molecule has 72 valence electrons. The maximum atomic E-state index is 10.5. The third kappa shape index (κ3) is 1.42. The van der Waals surface area contributed by atoms with Gasteiger partial charge >= 0.3 is 5.00 Å². The summed E-state index contributed by atoms with van der Waals surface area (Å²) in [6, 6.07) is 4.90. The van der Waals surface area contributed by atoms with Crippen molar-refractivity contribution in [3.05, 3.63) is 28.3 Å². The Morgan fingerprint density at radius 2 is 2.14 bits per heavy atom. The average Bonchev–Trinajstić information content (AvgIpc) is 2.47. The van der Waals surface area contributed by atoms with E-state index in [1.807, 2.05) is 0 Å². The van der Waals surface area contributed by atoms with Crippen molar-refractivity contribution in [2.45, 2.75) is 4.90 Å². The van der Waals surface area contributed by atoms with Gasteiger partial charge in [0, 0.05) is 22.0 Å². The van der Waals surface area contributed by atoms with Crippen molar-refractivity contribution in [2.24, 2.45) is 0 Å². The van der Waals surface area contributed by atoms with Gasteiger partial charge in [0.2, 0.25) is 0 Å². The molecule has 0 aliphatic carbocycles. The first-order chi connectivity index (χ1) is 6.58. The predicted molar refractivity (Wildman–Crippen MR) is 60.1 cm³/mol. The van der Waals surface area contributed by atoms with E-state index >= 15 is 0 Å². The number of thiol groups is 1. The Hall–Kier alpha value is -1.27. The molecule has 0 aliphatic heterocycles. The van der Waals surface area contributed by atoms with Gasteiger partial charge in [0.1, 0.15) is 0 Å². The molecule has 1 heterocycles. The summed E-state index contributed by atoms with van der Waals surface area (Å²) < 4.78 is 0.800. The van der Waals surface area contributed by atoms with E-state index in [4.69, 9.17) is 5.73 Å². The third-order valence-electron chi connectivity index (χ3n) is 1.79. The highest BCUT2D eigenvalue weighted by atomic mass is 32.1. The summed E-state index contributed by atoms with van der Waals surface area (Å²) in [6.45, 7) is 0. The number of nitrogen functional groups attached to an aromatic ring is 1. The molecule has 2 aromatic rings. The van der Waals surface area contributed by atoms with Gasteiger partial charge in [0.05, 0.1) is 9.62 Å². The van der Waals surface area contributed by atoms with E-state index in [1.165, 1.54) is 6.07 Å². The number of hydrogen-bond donors (Lipinski definition) is 2. The van der Waals surface area contributed by atoms with Gasteiger partial charge in [-0.05, 0) is 12.1 Å². The van der Waals surface area contributed by atoms with Crippen LogP contribution in [-0.4, -0.2) is 4.92 Å². The van der Waals surface area contributed by atoms with Crippen molar-refractivity contribution in [1.29, 1.82) is 0 Å². The summed E-state index contributed by atoms with van der Waals surface area (Å²) in [5, 5.41) is 11.4. The molecule has 4 nitrogen and oxygen atoms in total. The minimum absolute atomic E-state index is 0.112. The summed E-state index contributed by atoms with van der Waals surface area (Å²) >= 11 is 5.32. The molecule has 2 rings (SSSR count). The maximum Gasteiger partial charge on any atom is 0.325 e. The molecule has 0 atom stereocenters. The Labute approximate surface area is 88.9 Å². The normalized spacial score (nSPS) is 10.6. The molecule has 0 aliphatic rings. The molecular weight excluding hydrogens is 220 g/mol. The van der Waals surface area contributed by atoms with Crippen LogP contribution in [0.5, 0.6) is 0 Å². The van der Waals surface area contributed by atoms with Gasteiger partial charge in [-0.2, -0.15) is 0 Å². The fourth-order valence-electron chi connectivity index (χ4n) is 1.23. The van der Waals surface area contributed by atoms with Crippen molar-refractivity contribution in [3.8, 4) is 0 Å². The highest BCUT2D eigenvalue weighted by Crippen LogP contribution is 2.36. The standard InChI is InChI=1S/C8H6N2O2S2/c9-5-1-4-2-7(10(11)12)14-8(4)6(13)3-5/h1-3,13H,9H2. The van der Waals surface area contributed by atoms with Crippen LogP contribution < -0.4 is 5.73 Å². The molecule has 6 heteroatoms. The lowest BCUT2D eigenvalue weighted by atomic mass is 10.2. The van der Waals surface area contributed by atoms with Crippen LogP contribution in [0.4, 0.5) is 10.7 Å². The average molecular weight is 226 g/mol. The predicted octanol–water partition coefficient (Wildman–Crippen LogP) is 2.68. The largest absolute Gasteiger partial charge is 0.399 e. The fourth-order valence-corrected chi connectivity index (χ4v) is 2.52. The first kappa shape index (κ1) is 9.29. The smallest absolute Gasteiger partial charge is 0.325 e. The number of nitro groups is 1. The van der Waals surface area contributed by atoms with Gasteiger partial charge < -0.3 is 5.73 Å². The molecule has 0 saturated carbocycles. The van der Waals surface area contributed by atoms with Gasteiger partial charge in [0.25, 0.3) is 0 Å². The van der Waals surface area contributed by atoms with Crippen LogP contribution >= 0.6 is 24.0 Å². The van der Waals surface area contributed by atoms with E-state index in [0.717, 1.165) is 21.4 Å². The molecule has 0 fully saturated rings. The second-order valence-corrected chi connectivity index (χ2v) is 4.31. The van der Waals surface area contributed by atoms with Gasteiger partial charge in [0.15, 0.2) is 0 Å². The van der Waals surface area contributed by atoms with E-state index in [9.17, 15) is 10.1 Å². The SMILES string of the molecule is Nc1cc(S)c2sc([N+](=O)[O-])cc2c1. The maximum absolute atomic E-state index is 10.5. The van der Waals surface area contributed by atoms with Gasteiger partial charge in [-0.3, -0.25) is 10.1 Å². The minimum atomic E-state index is -0.409. The number of thiophene rings is 1. The van der Waals surface area contributed by atoms with Crippen molar-refractivity contribution < 1.29 is 4.92 Å². The molecule has 2 N–H and O–H groups in total. The van der Waals surface area contributed by atoms with Crippen molar-refractivity contribution >= 4 is 44.7 Å². The topological polar surface area (TPSA) is 69.2 Å². The van der Waals surface area contributed by atoms with Crippen LogP contribution in [0.25, 0.3) is 10.1 Å². The van der Waals surface area contributed by atoms with Crippen LogP contribution in [0.15, 0.2) is 23.1 Å². The first-order valence-corrected chi connectivity index (χ1v) is 5.01. The highest BCUT2D eigenvalue weighted by molar-refractivity contribution is 7.80. The number of anilines is 1. The first-order valence-electron chi connectivity index (χ1n) is 3.74. The molecule has 0 radical (unpaired) electrons. The number of benzene rings is 1. The van der Waals surface area contributed by atoms with Crippen molar-refractivity contribution in [3.63, 3.8) is 0 Å². The van der Waals surface area contributed by atoms with Crippen molar-refractivity contribution in [1.82, 2.24) is 0 Å². The van der Waals surface area contributed by atoms with E-state index in [2.05, 4.69) is 12.6 Å². The molecule has 1 aromatic carbocycles. The zero-order chi connectivity index (χ0) is 10.3. The second-order valence-electron chi connectivity index (χ2n) is 2.80. The number of nitrogens with two attached hydrogens (primary N) is 1. The zero-order valence-corrected chi connectivity index (χ0v) is 8.64. The Morgan fingerprint density at radius 3 is 2.79 bits per heavy atom. The summed E-state index contributed by atoms with van der Waals surface area (Å²) in [6.07, 6.45) is 0. The quantitative estimate of drug-likeness (QED) is 0.340. The molecule has 0 bridgehead atoms. The van der Waals surface area contributed by atoms with Gasteiger partial charge in [-0.1, -0.05) is 11.3 Å². The van der Waals surface area contributed by atoms with E-state index < -0.39 is 4.92 Å². The van der Waals surface area contributed by atoms with E-state index in [1.54, 1.807) is 12.1 Å². The lowest BCUT2D eigenvalue weighted by Gasteiger charge is -1.95. The van der Waals surface area contributed by atoms with Crippen molar-refractivity contribution in [2.75, 3.05) is 5.73 Å². The van der Waals surface area contributed by atoms with Gasteiger partial charge in [-0.15, -0.1) is 12.6 Å². The number of hydrogen-bond acceptors (Lipinski definition) is 5. The highest BCUT2D eigenvalue weighted by Gasteiger charge is 2.13. The van der Waals surface area contributed by atoms with E-state index in [0.29, 0.717) is 10.6 Å². The Morgan fingerprint density at radius 1 is 1.43 bits per heavy atom. The third-order valence-corrected chi connectivity index (χ3v) is 3.43. The van der Waals surface area contributed by atoms with Crippen LogP contribution in [0.2, 0.25) is 0 Å². The minimum Gasteiger partial charge on any atom is -0.399 e.